The summed E-state index contributed by atoms with van der Waals surface area (Å²) in [4.78, 5) is 38.8. The molecule has 3 aliphatic carbocycles. The minimum absolute atomic E-state index is 0.0507. The summed E-state index contributed by atoms with van der Waals surface area (Å²) in [5.74, 6) is -1.06. The van der Waals surface area contributed by atoms with Crippen molar-refractivity contribution in [2.75, 3.05) is 7.11 Å². The van der Waals surface area contributed by atoms with Crippen LogP contribution in [0.25, 0.3) is 0 Å². The van der Waals surface area contributed by atoms with E-state index in [9.17, 15) is 14.4 Å². The van der Waals surface area contributed by atoms with Crippen LogP contribution in [0.1, 0.15) is 94.0 Å². The van der Waals surface area contributed by atoms with Gasteiger partial charge in [0.2, 0.25) is 0 Å². The number of methoxy groups -OCH3 is 1. The van der Waals surface area contributed by atoms with Crippen LogP contribution in [0.4, 0.5) is 0 Å². The molecule has 1 fully saturated rings. The highest BCUT2D eigenvalue weighted by molar-refractivity contribution is 6.04. The van der Waals surface area contributed by atoms with Crippen molar-refractivity contribution >= 4 is 17.7 Å². The van der Waals surface area contributed by atoms with Crippen molar-refractivity contribution in [2.24, 2.45) is 5.41 Å². The molecule has 5 heteroatoms. The molecule has 0 N–H and O–H groups in total. The van der Waals surface area contributed by atoms with Crippen LogP contribution in [0.15, 0.2) is 46.6 Å². The molecule has 0 bridgehead atoms. The summed E-state index contributed by atoms with van der Waals surface area (Å²) in [7, 11) is 1.35. The third-order valence-electron chi connectivity index (χ3n) is 7.24. The Balaban J connectivity index is 1.75. The minimum Gasteiger partial charge on any atom is -0.465 e. The molecule has 1 aromatic rings. The van der Waals surface area contributed by atoms with Gasteiger partial charge in [0.15, 0.2) is 5.78 Å². The van der Waals surface area contributed by atoms with E-state index in [0.717, 1.165) is 54.4 Å². The summed E-state index contributed by atoms with van der Waals surface area (Å²) >= 11 is 0. The van der Waals surface area contributed by atoms with E-state index in [1.807, 2.05) is 19.1 Å². The maximum Gasteiger partial charge on any atom is 0.337 e. The molecule has 0 spiro atoms. The van der Waals surface area contributed by atoms with Gasteiger partial charge < -0.3 is 9.47 Å². The highest BCUT2D eigenvalue weighted by Gasteiger charge is 2.43. The van der Waals surface area contributed by atoms with Gasteiger partial charge >= 0.3 is 11.9 Å². The van der Waals surface area contributed by atoms with E-state index >= 15 is 0 Å². The number of rotatable bonds is 4. The molecule has 5 nitrogen and oxygen atoms in total. The van der Waals surface area contributed by atoms with Gasteiger partial charge in [0.25, 0.3) is 0 Å². The van der Waals surface area contributed by atoms with E-state index in [0.29, 0.717) is 24.0 Å². The second-order valence-electron chi connectivity index (χ2n) is 10.5. The number of carbonyl (C=O) groups excluding carboxylic acids is 3. The topological polar surface area (TPSA) is 69.7 Å². The van der Waals surface area contributed by atoms with Crippen molar-refractivity contribution in [2.45, 2.75) is 84.2 Å². The van der Waals surface area contributed by atoms with Gasteiger partial charge in [-0.15, -0.1) is 0 Å². The van der Waals surface area contributed by atoms with Gasteiger partial charge in [-0.3, -0.25) is 4.79 Å². The molecule has 0 aliphatic heterocycles. The second kappa shape index (κ2) is 9.28. The van der Waals surface area contributed by atoms with Crippen molar-refractivity contribution in [3.63, 3.8) is 0 Å². The van der Waals surface area contributed by atoms with Crippen molar-refractivity contribution in [1.29, 1.82) is 0 Å². The molecule has 1 atom stereocenters. The van der Waals surface area contributed by atoms with Gasteiger partial charge in [0, 0.05) is 23.5 Å². The number of esters is 2. The lowest BCUT2D eigenvalue weighted by molar-refractivity contribution is -0.146. The van der Waals surface area contributed by atoms with Crippen molar-refractivity contribution in [1.82, 2.24) is 0 Å². The molecular weight excluding hydrogens is 416 g/mol. The Labute approximate surface area is 196 Å². The third-order valence-corrected chi connectivity index (χ3v) is 7.24. The lowest BCUT2D eigenvalue weighted by Crippen LogP contribution is -2.34. The van der Waals surface area contributed by atoms with Crippen LogP contribution in [0.2, 0.25) is 0 Å². The second-order valence-corrected chi connectivity index (χ2v) is 10.5. The maximum atomic E-state index is 13.5. The Morgan fingerprint density at radius 2 is 1.64 bits per heavy atom. The van der Waals surface area contributed by atoms with Crippen LogP contribution >= 0.6 is 0 Å². The summed E-state index contributed by atoms with van der Waals surface area (Å²) in [6.07, 6.45) is 7.04. The molecular formula is C28H34O5. The SMILES string of the molecule is COC(=O)c1ccc(C2C(C(=O)OC3CCCCC3)=C(C)CC3=C2C(=O)CC(C)(C)C3)cc1. The highest BCUT2D eigenvalue weighted by atomic mass is 16.5. The number of allylic oxidation sites excluding steroid dienone is 3. The lowest BCUT2D eigenvalue weighted by Gasteiger charge is -2.39. The Kier molecular flexibility index (Phi) is 6.60. The average Bonchev–Trinajstić information content (AvgIpc) is 2.77. The van der Waals surface area contributed by atoms with Crippen molar-refractivity contribution in [3.8, 4) is 0 Å². The van der Waals surface area contributed by atoms with Crippen LogP contribution in [0.5, 0.6) is 0 Å². The van der Waals surface area contributed by atoms with Gasteiger partial charge in [-0.05, 0) is 68.6 Å². The molecule has 0 heterocycles. The Hall–Kier alpha value is -2.69. The van der Waals surface area contributed by atoms with Crippen molar-refractivity contribution in [3.05, 3.63) is 57.7 Å². The fourth-order valence-corrected chi connectivity index (χ4v) is 5.74. The first kappa shape index (κ1) is 23.5. The first-order valence-electron chi connectivity index (χ1n) is 12.0. The Bertz CT molecular complexity index is 1020. The Morgan fingerprint density at radius 1 is 0.970 bits per heavy atom. The molecule has 176 valence electrons. The molecule has 0 radical (unpaired) electrons. The minimum atomic E-state index is -0.458. The first-order valence-corrected chi connectivity index (χ1v) is 12.0. The molecule has 1 unspecified atom stereocenters. The largest absolute Gasteiger partial charge is 0.465 e. The number of Topliss-reactive ketones (excluding diaryl/α,β-unsaturated/α-hetero) is 1. The van der Waals surface area contributed by atoms with Crippen LogP contribution < -0.4 is 0 Å². The molecule has 0 aromatic heterocycles. The zero-order chi connectivity index (χ0) is 23.8. The smallest absolute Gasteiger partial charge is 0.337 e. The van der Waals surface area contributed by atoms with Crippen LogP contribution in [-0.4, -0.2) is 30.9 Å². The van der Waals surface area contributed by atoms with Crippen LogP contribution in [0.3, 0.4) is 0 Å². The fraction of sp³-hybridized carbons (Fsp3) is 0.536. The predicted molar refractivity (Wildman–Crippen MR) is 126 cm³/mol. The standard InChI is InChI=1S/C28H34O5/c1-17-14-20-15-28(2,3)16-22(29)24(20)25(18-10-12-19(13-11-18)26(30)32-4)23(17)27(31)33-21-8-6-5-7-9-21/h10-13,21,25H,5-9,14-16H2,1-4H3. The molecule has 4 rings (SSSR count). The molecule has 0 amide bonds. The molecule has 1 saturated carbocycles. The number of hydrogen-bond donors (Lipinski definition) is 0. The quantitative estimate of drug-likeness (QED) is 0.539. The summed E-state index contributed by atoms with van der Waals surface area (Å²) in [6.45, 7) is 6.24. The number of benzene rings is 1. The van der Waals surface area contributed by atoms with E-state index in [2.05, 4.69) is 13.8 Å². The summed E-state index contributed by atoms with van der Waals surface area (Å²) < 4.78 is 10.8. The lowest BCUT2D eigenvalue weighted by atomic mass is 9.64. The normalized spacial score (nSPS) is 23.3. The summed E-state index contributed by atoms with van der Waals surface area (Å²) in [6, 6.07) is 7.07. The number of carbonyl (C=O) groups is 3. The summed E-state index contributed by atoms with van der Waals surface area (Å²) in [5, 5.41) is 0. The zero-order valence-electron chi connectivity index (χ0n) is 20.2. The zero-order valence-corrected chi connectivity index (χ0v) is 20.2. The van der Waals surface area contributed by atoms with Gasteiger partial charge in [0.1, 0.15) is 6.10 Å². The van der Waals surface area contributed by atoms with Gasteiger partial charge in [-0.1, -0.05) is 43.5 Å². The number of hydrogen-bond acceptors (Lipinski definition) is 5. The van der Waals surface area contributed by atoms with E-state index in [4.69, 9.17) is 9.47 Å². The van der Waals surface area contributed by atoms with Gasteiger partial charge in [-0.2, -0.15) is 0 Å². The highest BCUT2D eigenvalue weighted by Crippen LogP contribution is 2.50. The average molecular weight is 451 g/mol. The van der Waals surface area contributed by atoms with E-state index in [1.54, 1.807) is 12.1 Å². The van der Waals surface area contributed by atoms with Gasteiger partial charge in [0.05, 0.1) is 12.7 Å². The first-order chi connectivity index (χ1) is 15.7. The molecule has 0 saturated heterocycles. The van der Waals surface area contributed by atoms with Crippen LogP contribution in [0, 0.1) is 5.41 Å². The Morgan fingerprint density at radius 3 is 2.27 bits per heavy atom. The van der Waals surface area contributed by atoms with E-state index in [-0.39, 0.29) is 23.3 Å². The number of ether oxygens (including phenoxy) is 2. The van der Waals surface area contributed by atoms with Gasteiger partial charge in [-0.25, -0.2) is 9.59 Å². The fourth-order valence-electron chi connectivity index (χ4n) is 5.74. The predicted octanol–water partition coefficient (Wildman–Crippen LogP) is 5.84. The third kappa shape index (κ3) is 4.83. The van der Waals surface area contributed by atoms with Crippen LogP contribution in [-0.2, 0) is 19.1 Å². The molecule has 1 aromatic carbocycles. The molecule has 3 aliphatic rings. The van der Waals surface area contributed by atoms with E-state index in [1.165, 1.54) is 13.5 Å². The van der Waals surface area contributed by atoms with Crippen molar-refractivity contribution < 1.29 is 23.9 Å². The maximum absolute atomic E-state index is 13.5. The van der Waals surface area contributed by atoms with E-state index < -0.39 is 11.9 Å². The monoisotopic (exact) mass is 450 g/mol. The molecule has 33 heavy (non-hydrogen) atoms. The number of ketones is 1. The summed E-state index contributed by atoms with van der Waals surface area (Å²) in [5.41, 5.74) is 4.63.